The second kappa shape index (κ2) is 15.8. The van der Waals surface area contributed by atoms with E-state index in [0.717, 1.165) is 38.3 Å². The second-order valence-corrected chi connectivity index (χ2v) is 6.15. The second-order valence-electron chi connectivity index (χ2n) is 6.15. The third-order valence-corrected chi connectivity index (χ3v) is 4.04. The number of ether oxygens (including phenoxy) is 1. The molecular weight excluding hydrogens is 286 g/mol. The topological polar surface area (TPSA) is 41.5 Å². The summed E-state index contributed by atoms with van der Waals surface area (Å²) in [5.41, 5.74) is 0. The van der Waals surface area contributed by atoms with Crippen LogP contribution >= 0.6 is 0 Å². The van der Waals surface area contributed by atoms with E-state index in [4.69, 9.17) is 9.84 Å². The van der Waals surface area contributed by atoms with Crippen LogP contribution < -0.4 is 5.32 Å². The van der Waals surface area contributed by atoms with Crippen molar-refractivity contribution in [2.75, 3.05) is 26.3 Å². The standard InChI is InChI=1S/C20H35NO2/c22-18-13-9-5-3-1-2-4-8-12-16-21-17-19-23-20-14-10-6-7-11-15-20/h6-7,10-11,14,21-22H,1-5,8-9,12-13,15-19H2. The molecule has 0 atom stereocenters. The molecule has 1 rings (SSSR count). The summed E-state index contributed by atoms with van der Waals surface area (Å²) in [4.78, 5) is 0. The van der Waals surface area contributed by atoms with Crippen molar-refractivity contribution in [3.63, 3.8) is 0 Å². The van der Waals surface area contributed by atoms with Crippen LogP contribution in [0.25, 0.3) is 0 Å². The Morgan fingerprint density at radius 3 is 2.26 bits per heavy atom. The van der Waals surface area contributed by atoms with Crippen molar-refractivity contribution in [1.29, 1.82) is 0 Å². The van der Waals surface area contributed by atoms with E-state index in [-0.39, 0.29) is 0 Å². The molecule has 0 heterocycles. The minimum atomic E-state index is 0.351. The Labute approximate surface area is 142 Å². The number of unbranched alkanes of at least 4 members (excludes halogenated alkanes) is 8. The van der Waals surface area contributed by atoms with Crippen molar-refractivity contribution in [1.82, 2.24) is 5.32 Å². The molecule has 23 heavy (non-hydrogen) atoms. The normalized spacial score (nSPS) is 13.9. The van der Waals surface area contributed by atoms with E-state index in [9.17, 15) is 0 Å². The Kier molecular flexibility index (Phi) is 13.7. The molecule has 0 radical (unpaired) electrons. The van der Waals surface area contributed by atoms with Crippen molar-refractivity contribution in [3.05, 3.63) is 36.1 Å². The molecule has 0 aromatic heterocycles. The molecule has 0 bridgehead atoms. The third kappa shape index (κ3) is 13.1. The minimum absolute atomic E-state index is 0.351. The highest BCUT2D eigenvalue weighted by molar-refractivity contribution is 5.19. The lowest BCUT2D eigenvalue weighted by molar-refractivity contribution is 0.208. The molecule has 0 aromatic carbocycles. The number of hydrogen-bond acceptors (Lipinski definition) is 3. The molecule has 0 saturated carbocycles. The van der Waals surface area contributed by atoms with Gasteiger partial charge in [-0.2, -0.15) is 0 Å². The number of nitrogens with one attached hydrogen (secondary N) is 1. The Bertz CT molecular complexity index is 348. The molecule has 0 aliphatic heterocycles. The van der Waals surface area contributed by atoms with Crippen LogP contribution in [0.5, 0.6) is 0 Å². The van der Waals surface area contributed by atoms with E-state index < -0.39 is 0 Å². The van der Waals surface area contributed by atoms with Crippen LogP contribution in [0.2, 0.25) is 0 Å². The average Bonchev–Trinajstić information content (AvgIpc) is 2.84. The van der Waals surface area contributed by atoms with Crippen molar-refractivity contribution in [2.24, 2.45) is 0 Å². The third-order valence-electron chi connectivity index (χ3n) is 4.04. The Morgan fingerprint density at radius 1 is 0.826 bits per heavy atom. The van der Waals surface area contributed by atoms with Gasteiger partial charge in [-0.1, -0.05) is 69.2 Å². The molecule has 132 valence electrons. The molecular formula is C20H35NO2. The average molecular weight is 322 g/mol. The van der Waals surface area contributed by atoms with Crippen molar-refractivity contribution in [2.45, 2.75) is 64.2 Å². The number of rotatable bonds is 15. The fourth-order valence-corrected chi connectivity index (χ4v) is 2.64. The van der Waals surface area contributed by atoms with Crippen LogP contribution in [0.4, 0.5) is 0 Å². The van der Waals surface area contributed by atoms with E-state index in [1.807, 2.05) is 18.2 Å². The van der Waals surface area contributed by atoms with Crippen molar-refractivity contribution < 1.29 is 9.84 Å². The molecule has 3 nitrogen and oxygen atoms in total. The van der Waals surface area contributed by atoms with Gasteiger partial charge >= 0.3 is 0 Å². The minimum Gasteiger partial charge on any atom is -0.496 e. The van der Waals surface area contributed by atoms with Gasteiger partial charge < -0.3 is 15.2 Å². The first-order valence-electron chi connectivity index (χ1n) is 9.40. The maximum absolute atomic E-state index is 8.70. The molecule has 0 fully saturated rings. The Morgan fingerprint density at radius 2 is 1.52 bits per heavy atom. The molecule has 1 aliphatic carbocycles. The maximum Gasteiger partial charge on any atom is 0.100 e. The zero-order chi connectivity index (χ0) is 16.4. The number of aliphatic hydroxyl groups excluding tert-OH is 1. The van der Waals surface area contributed by atoms with E-state index >= 15 is 0 Å². The van der Waals surface area contributed by atoms with Crippen LogP contribution in [0.15, 0.2) is 36.1 Å². The van der Waals surface area contributed by atoms with Crippen LogP contribution in [0.3, 0.4) is 0 Å². The first kappa shape index (κ1) is 20.0. The summed E-state index contributed by atoms with van der Waals surface area (Å²) in [6, 6.07) is 0. The van der Waals surface area contributed by atoms with Gasteiger partial charge in [0, 0.05) is 19.6 Å². The largest absolute Gasteiger partial charge is 0.496 e. The smallest absolute Gasteiger partial charge is 0.100 e. The van der Waals surface area contributed by atoms with Crippen LogP contribution in [-0.4, -0.2) is 31.4 Å². The van der Waals surface area contributed by atoms with Crippen LogP contribution in [0.1, 0.15) is 64.2 Å². The van der Waals surface area contributed by atoms with Gasteiger partial charge in [0.2, 0.25) is 0 Å². The first-order valence-corrected chi connectivity index (χ1v) is 9.40. The lowest BCUT2D eigenvalue weighted by atomic mass is 10.1. The highest BCUT2D eigenvalue weighted by atomic mass is 16.5. The van der Waals surface area contributed by atoms with Gasteiger partial charge in [0.25, 0.3) is 0 Å². The summed E-state index contributed by atoms with van der Waals surface area (Å²) in [6.07, 6.45) is 22.6. The van der Waals surface area contributed by atoms with Gasteiger partial charge in [0.15, 0.2) is 0 Å². The van der Waals surface area contributed by atoms with Gasteiger partial charge in [0.1, 0.15) is 6.61 Å². The monoisotopic (exact) mass is 321 g/mol. The molecule has 0 amide bonds. The molecule has 1 aliphatic rings. The lowest BCUT2D eigenvalue weighted by Gasteiger charge is -2.09. The lowest BCUT2D eigenvalue weighted by Crippen LogP contribution is -2.20. The summed E-state index contributed by atoms with van der Waals surface area (Å²) in [6.45, 7) is 3.12. The number of aliphatic hydroxyl groups is 1. The van der Waals surface area contributed by atoms with E-state index in [0.29, 0.717) is 6.61 Å². The fourth-order valence-electron chi connectivity index (χ4n) is 2.64. The summed E-state index contributed by atoms with van der Waals surface area (Å²) < 4.78 is 5.74. The van der Waals surface area contributed by atoms with Gasteiger partial charge in [-0.05, 0) is 25.5 Å². The molecule has 0 spiro atoms. The summed E-state index contributed by atoms with van der Waals surface area (Å²) in [5, 5.41) is 12.2. The number of allylic oxidation sites excluding steroid dienone is 5. The highest BCUT2D eigenvalue weighted by Crippen LogP contribution is 2.09. The molecule has 0 aromatic rings. The molecule has 0 saturated heterocycles. The first-order chi connectivity index (χ1) is 11.4. The summed E-state index contributed by atoms with van der Waals surface area (Å²) in [5.74, 6) is 1.05. The predicted molar refractivity (Wildman–Crippen MR) is 98.4 cm³/mol. The zero-order valence-electron chi connectivity index (χ0n) is 14.6. The van der Waals surface area contributed by atoms with Crippen LogP contribution in [0, 0.1) is 0 Å². The van der Waals surface area contributed by atoms with Gasteiger partial charge in [-0.3, -0.25) is 0 Å². The Hall–Kier alpha value is -1.06. The van der Waals surface area contributed by atoms with Crippen molar-refractivity contribution in [3.8, 4) is 0 Å². The fraction of sp³-hybridized carbons (Fsp3) is 0.700. The molecule has 3 heteroatoms. The maximum atomic E-state index is 8.70. The van der Waals surface area contributed by atoms with Crippen molar-refractivity contribution >= 4 is 0 Å². The Balaban J connectivity index is 1.75. The quantitative estimate of drug-likeness (QED) is 0.436. The van der Waals surface area contributed by atoms with Gasteiger partial charge in [-0.15, -0.1) is 0 Å². The summed E-state index contributed by atoms with van der Waals surface area (Å²) in [7, 11) is 0. The predicted octanol–water partition coefficient (Wildman–Crippen LogP) is 4.50. The zero-order valence-corrected chi connectivity index (χ0v) is 14.6. The van der Waals surface area contributed by atoms with Gasteiger partial charge in [-0.25, -0.2) is 0 Å². The SMILES string of the molecule is OCCCCCCCCCCCNCCOC1=CC=CC=CC1. The van der Waals surface area contributed by atoms with E-state index in [1.54, 1.807) is 0 Å². The number of hydrogen-bond donors (Lipinski definition) is 2. The molecule has 2 N–H and O–H groups in total. The van der Waals surface area contributed by atoms with Gasteiger partial charge in [0.05, 0.1) is 5.76 Å². The molecule has 0 unspecified atom stereocenters. The highest BCUT2D eigenvalue weighted by Gasteiger charge is 1.97. The summed E-state index contributed by atoms with van der Waals surface area (Å²) >= 11 is 0. The van der Waals surface area contributed by atoms with E-state index in [2.05, 4.69) is 17.5 Å². The van der Waals surface area contributed by atoms with Crippen LogP contribution in [-0.2, 0) is 4.74 Å². The van der Waals surface area contributed by atoms with E-state index in [1.165, 1.54) is 51.4 Å².